The van der Waals surface area contributed by atoms with E-state index in [9.17, 15) is 4.79 Å². The van der Waals surface area contributed by atoms with Gasteiger partial charge in [0.1, 0.15) is 6.04 Å². The maximum absolute atomic E-state index is 12.0. The Morgan fingerprint density at radius 3 is 2.94 bits per heavy atom. The lowest BCUT2D eigenvalue weighted by Crippen LogP contribution is -2.20. The SMILES string of the molecule is Cc1cncc(C(=O)C(N)c2cccs2)c1. The third kappa shape index (κ3) is 2.18. The van der Waals surface area contributed by atoms with Gasteiger partial charge in [-0.05, 0) is 30.0 Å². The second kappa shape index (κ2) is 4.55. The Bertz CT molecular complexity index is 493. The summed E-state index contributed by atoms with van der Waals surface area (Å²) in [6.07, 6.45) is 3.27. The van der Waals surface area contributed by atoms with Gasteiger partial charge in [0.05, 0.1) is 0 Å². The molecular weight excluding hydrogens is 220 g/mol. The van der Waals surface area contributed by atoms with Crippen LogP contribution in [0.15, 0.2) is 36.0 Å². The molecule has 2 N–H and O–H groups in total. The van der Waals surface area contributed by atoms with E-state index in [2.05, 4.69) is 4.98 Å². The summed E-state index contributed by atoms with van der Waals surface area (Å²) < 4.78 is 0. The molecule has 2 aromatic heterocycles. The standard InChI is InChI=1S/C12H12N2OS/c1-8-5-9(7-14-6-8)12(15)11(13)10-3-2-4-16-10/h2-7,11H,13H2,1H3. The van der Waals surface area contributed by atoms with Gasteiger partial charge in [-0.3, -0.25) is 9.78 Å². The maximum Gasteiger partial charge on any atom is 0.186 e. The molecule has 0 aliphatic heterocycles. The highest BCUT2D eigenvalue weighted by Crippen LogP contribution is 2.20. The number of carbonyl (C=O) groups excluding carboxylic acids is 1. The summed E-state index contributed by atoms with van der Waals surface area (Å²) in [5, 5.41) is 1.91. The Morgan fingerprint density at radius 2 is 2.31 bits per heavy atom. The van der Waals surface area contributed by atoms with Gasteiger partial charge in [0.25, 0.3) is 0 Å². The predicted octanol–water partition coefficient (Wildman–Crippen LogP) is 2.33. The molecule has 2 rings (SSSR count). The molecule has 0 bridgehead atoms. The first kappa shape index (κ1) is 11.0. The minimum Gasteiger partial charge on any atom is -0.317 e. The number of aromatic nitrogens is 1. The molecule has 3 nitrogen and oxygen atoms in total. The van der Waals surface area contributed by atoms with Crippen LogP contribution < -0.4 is 5.73 Å². The fourth-order valence-corrected chi connectivity index (χ4v) is 2.19. The normalized spacial score (nSPS) is 12.4. The van der Waals surface area contributed by atoms with Crippen molar-refractivity contribution in [3.05, 3.63) is 52.0 Å². The lowest BCUT2D eigenvalue weighted by atomic mass is 10.0. The van der Waals surface area contributed by atoms with Crippen LogP contribution >= 0.6 is 11.3 Å². The van der Waals surface area contributed by atoms with Crippen LogP contribution in [-0.4, -0.2) is 10.8 Å². The summed E-state index contributed by atoms with van der Waals surface area (Å²) >= 11 is 1.49. The third-order valence-corrected chi connectivity index (χ3v) is 3.25. The summed E-state index contributed by atoms with van der Waals surface area (Å²) in [5.74, 6) is -0.0846. The molecule has 2 aromatic rings. The van der Waals surface area contributed by atoms with E-state index in [-0.39, 0.29) is 5.78 Å². The minimum atomic E-state index is -0.580. The van der Waals surface area contributed by atoms with Crippen molar-refractivity contribution >= 4 is 17.1 Å². The number of pyridine rings is 1. The molecule has 0 amide bonds. The summed E-state index contributed by atoms with van der Waals surface area (Å²) in [5.41, 5.74) is 7.43. The van der Waals surface area contributed by atoms with Crippen molar-refractivity contribution < 1.29 is 4.79 Å². The number of Topliss-reactive ketones (excluding diaryl/α,β-unsaturated/α-hetero) is 1. The second-order valence-corrected chi connectivity index (χ2v) is 4.59. The van der Waals surface area contributed by atoms with Crippen molar-refractivity contribution in [3.63, 3.8) is 0 Å². The number of carbonyl (C=O) groups is 1. The zero-order valence-electron chi connectivity index (χ0n) is 8.88. The smallest absolute Gasteiger partial charge is 0.186 e. The lowest BCUT2D eigenvalue weighted by molar-refractivity contribution is 0.0962. The molecule has 1 unspecified atom stereocenters. The average molecular weight is 232 g/mol. The van der Waals surface area contributed by atoms with Crippen LogP contribution in [0.2, 0.25) is 0 Å². The molecule has 0 saturated heterocycles. The first-order valence-electron chi connectivity index (χ1n) is 4.93. The van der Waals surface area contributed by atoms with E-state index in [1.54, 1.807) is 12.4 Å². The Kier molecular flexibility index (Phi) is 3.12. The zero-order valence-corrected chi connectivity index (χ0v) is 9.70. The molecular formula is C12H12N2OS. The Balaban J connectivity index is 2.26. The van der Waals surface area contributed by atoms with E-state index < -0.39 is 6.04 Å². The number of aryl methyl sites for hydroxylation is 1. The van der Waals surface area contributed by atoms with Crippen molar-refractivity contribution in [2.45, 2.75) is 13.0 Å². The molecule has 16 heavy (non-hydrogen) atoms. The van der Waals surface area contributed by atoms with Crippen molar-refractivity contribution in [2.24, 2.45) is 5.73 Å². The number of rotatable bonds is 3. The summed E-state index contributed by atoms with van der Waals surface area (Å²) in [6.45, 7) is 1.90. The fourth-order valence-electron chi connectivity index (χ4n) is 1.47. The second-order valence-electron chi connectivity index (χ2n) is 3.61. The van der Waals surface area contributed by atoms with Crippen LogP contribution in [-0.2, 0) is 0 Å². The molecule has 0 fully saturated rings. The van der Waals surface area contributed by atoms with Gasteiger partial charge in [-0.25, -0.2) is 0 Å². The third-order valence-electron chi connectivity index (χ3n) is 2.29. The lowest BCUT2D eigenvalue weighted by Gasteiger charge is -2.08. The zero-order chi connectivity index (χ0) is 11.5. The first-order valence-corrected chi connectivity index (χ1v) is 5.81. The Labute approximate surface area is 97.9 Å². The van der Waals surface area contributed by atoms with E-state index >= 15 is 0 Å². The van der Waals surface area contributed by atoms with Gasteiger partial charge in [-0.15, -0.1) is 11.3 Å². The van der Waals surface area contributed by atoms with Crippen LogP contribution in [0.4, 0.5) is 0 Å². The number of thiophene rings is 1. The first-order chi connectivity index (χ1) is 7.68. The maximum atomic E-state index is 12.0. The highest BCUT2D eigenvalue weighted by atomic mass is 32.1. The molecule has 0 aromatic carbocycles. The Hall–Kier alpha value is -1.52. The van der Waals surface area contributed by atoms with E-state index in [0.29, 0.717) is 5.56 Å². The number of hydrogen-bond donors (Lipinski definition) is 1. The largest absolute Gasteiger partial charge is 0.317 e. The van der Waals surface area contributed by atoms with Gasteiger partial charge >= 0.3 is 0 Å². The summed E-state index contributed by atoms with van der Waals surface area (Å²) in [7, 11) is 0. The van der Waals surface area contributed by atoms with Crippen molar-refractivity contribution in [1.82, 2.24) is 4.98 Å². The summed E-state index contributed by atoms with van der Waals surface area (Å²) in [6, 6.07) is 4.99. The van der Waals surface area contributed by atoms with E-state index in [4.69, 9.17) is 5.73 Å². The highest BCUT2D eigenvalue weighted by Gasteiger charge is 2.18. The van der Waals surface area contributed by atoms with Crippen molar-refractivity contribution in [2.75, 3.05) is 0 Å². The highest BCUT2D eigenvalue weighted by molar-refractivity contribution is 7.10. The van der Waals surface area contributed by atoms with Gasteiger partial charge in [0.2, 0.25) is 0 Å². The van der Waals surface area contributed by atoms with Gasteiger partial charge in [0.15, 0.2) is 5.78 Å². The van der Waals surface area contributed by atoms with Crippen LogP contribution in [0.1, 0.15) is 26.8 Å². The van der Waals surface area contributed by atoms with Crippen LogP contribution in [0.5, 0.6) is 0 Å². The molecule has 0 aliphatic rings. The molecule has 0 radical (unpaired) electrons. The number of nitrogens with two attached hydrogens (primary N) is 1. The minimum absolute atomic E-state index is 0.0846. The van der Waals surface area contributed by atoms with E-state index in [1.807, 2.05) is 30.5 Å². The van der Waals surface area contributed by atoms with Crippen molar-refractivity contribution in [3.8, 4) is 0 Å². The molecule has 0 saturated carbocycles. The molecule has 82 valence electrons. The fraction of sp³-hybridized carbons (Fsp3) is 0.167. The van der Waals surface area contributed by atoms with Crippen molar-refractivity contribution in [1.29, 1.82) is 0 Å². The van der Waals surface area contributed by atoms with Crippen LogP contribution in [0, 0.1) is 6.92 Å². The predicted molar refractivity (Wildman–Crippen MR) is 64.6 cm³/mol. The van der Waals surface area contributed by atoms with Gasteiger partial charge in [-0.1, -0.05) is 6.07 Å². The average Bonchev–Trinajstić information content (AvgIpc) is 2.80. The molecule has 4 heteroatoms. The number of nitrogens with zero attached hydrogens (tertiary/aromatic N) is 1. The molecule has 2 heterocycles. The summed E-state index contributed by atoms with van der Waals surface area (Å²) in [4.78, 5) is 16.9. The van der Waals surface area contributed by atoms with E-state index in [0.717, 1.165) is 10.4 Å². The van der Waals surface area contributed by atoms with Crippen LogP contribution in [0.3, 0.4) is 0 Å². The Morgan fingerprint density at radius 1 is 1.50 bits per heavy atom. The molecule has 1 atom stereocenters. The topological polar surface area (TPSA) is 56.0 Å². The molecule has 0 spiro atoms. The van der Waals surface area contributed by atoms with Crippen LogP contribution in [0.25, 0.3) is 0 Å². The quantitative estimate of drug-likeness (QED) is 0.826. The van der Waals surface area contributed by atoms with Gasteiger partial charge < -0.3 is 5.73 Å². The monoisotopic (exact) mass is 232 g/mol. The number of ketones is 1. The number of hydrogen-bond acceptors (Lipinski definition) is 4. The van der Waals surface area contributed by atoms with Gasteiger partial charge in [-0.2, -0.15) is 0 Å². The molecule has 0 aliphatic carbocycles. The van der Waals surface area contributed by atoms with E-state index in [1.165, 1.54) is 11.3 Å². The van der Waals surface area contributed by atoms with Gasteiger partial charge in [0, 0.05) is 22.8 Å².